The molecule has 0 aliphatic heterocycles. The molecule has 0 radical (unpaired) electrons. The number of amides is 3. The normalized spacial score (nSPS) is 9.64. The Hall–Kier alpha value is -3.37. The number of esters is 1. The van der Waals surface area contributed by atoms with E-state index in [9.17, 15) is 19.2 Å². The summed E-state index contributed by atoms with van der Waals surface area (Å²) in [6.45, 7) is 4.90. The van der Waals surface area contributed by atoms with Crippen LogP contribution in [0.4, 0.5) is 15.5 Å². The van der Waals surface area contributed by atoms with Gasteiger partial charge in [-0.25, -0.2) is 14.4 Å². The fourth-order valence-corrected chi connectivity index (χ4v) is 1.52. The Labute approximate surface area is 142 Å². The highest BCUT2D eigenvalue weighted by Gasteiger charge is 2.05. The van der Waals surface area contributed by atoms with Crippen molar-refractivity contribution >= 4 is 24.0 Å². The number of alkyl carbamates (subject to hydrolysis) is 1. The van der Waals surface area contributed by atoms with Crippen molar-refractivity contribution in [2.75, 3.05) is 31.6 Å². The summed E-state index contributed by atoms with van der Waals surface area (Å²) in [6.07, 6.45) is 0.278. The number of hydrogen-bond acceptors (Lipinski definition) is 7. The lowest BCUT2D eigenvalue weighted by molar-refractivity contribution is -0.138. The zero-order valence-corrected chi connectivity index (χ0v) is 13.6. The van der Waals surface area contributed by atoms with Crippen LogP contribution in [0.3, 0.4) is 0 Å². The summed E-state index contributed by atoms with van der Waals surface area (Å²) in [4.78, 5) is 51.1. The van der Waals surface area contributed by atoms with Crippen molar-refractivity contribution in [2.45, 2.75) is 6.92 Å². The van der Waals surface area contributed by atoms with Crippen LogP contribution in [0.1, 0.15) is 5.69 Å². The Morgan fingerprint density at radius 1 is 1.24 bits per heavy atom. The first-order valence-electron chi connectivity index (χ1n) is 7.23. The topological polar surface area (TPSA) is 152 Å². The fraction of sp³-hybridized carbons (Fsp3) is 0.357. The minimum atomic E-state index is -0.721. The molecule has 1 aromatic heterocycles. The van der Waals surface area contributed by atoms with Crippen LogP contribution in [0.25, 0.3) is 0 Å². The van der Waals surface area contributed by atoms with Gasteiger partial charge < -0.3 is 25.1 Å². The summed E-state index contributed by atoms with van der Waals surface area (Å²) in [5.41, 5.74) is 0.0771. The maximum absolute atomic E-state index is 11.6. The number of nitrogens with one attached hydrogen (secondary N) is 4. The van der Waals surface area contributed by atoms with Crippen LogP contribution in [-0.4, -0.2) is 54.4 Å². The number of carbonyl (C=O) groups is 3. The van der Waals surface area contributed by atoms with Gasteiger partial charge in [-0.15, -0.1) is 0 Å². The molecule has 0 aromatic carbocycles. The lowest BCUT2D eigenvalue weighted by atomic mass is 10.4. The Kier molecular flexibility index (Phi) is 8.20. The Bertz CT molecular complexity index is 687. The number of urea groups is 1. The molecule has 1 heterocycles. The zero-order valence-electron chi connectivity index (χ0n) is 13.6. The molecule has 25 heavy (non-hydrogen) atoms. The number of H-pyrrole nitrogens is 1. The van der Waals surface area contributed by atoms with E-state index in [4.69, 9.17) is 4.74 Å². The monoisotopic (exact) mass is 353 g/mol. The number of aromatic nitrogens is 2. The fourth-order valence-electron chi connectivity index (χ4n) is 1.52. The molecule has 0 atom stereocenters. The third-order valence-electron chi connectivity index (χ3n) is 2.52. The summed E-state index contributed by atoms with van der Waals surface area (Å²) < 4.78 is 9.34. The maximum Gasteiger partial charge on any atom is 0.407 e. The van der Waals surface area contributed by atoms with Crippen molar-refractivity contribution in [2.24, 2.45) is 0 Å². The first-order chi connectivity index (χ1) is 11.9. The minimum absolute atomic E-state index is 0.0175. The highest BCUT2D eigenvalue weighted by Crippen LogP contribution is 1.94. The van der Waals surface area contributed by atoms with E-state index in [2.05, 4.69) is 37.2 Å². The second-order valence-electron chi connectivity index (χ2n) is 4.57. The molecular formula is C14H19N5O6. The minimum Gasteiger partial charge on any atom is -0.459 e. The average molecular weight is 353 g/mol. The Morgan fingerprint density at radius 2 is 1.92 bits per heavy atom. The molecule has 0 bridgehead atoms. The SMILES string of the molecule is C=CC(=O)OCCOC(=O)NCCNC(=O)Nc1nc(=O)cc(C)[nH]1. The summed E-state index contributed by atoms with van der Waals surface area (Å²) in [7, 11) is 0. The van der Waals surface area contributed by atoms with Crippen molar-refractivity contribution in [3.05, 3.63) is 34.8 Å². The van der Waals surface area contributed by atoms with Gasteiger partial charge >= 0.3 is 18.1 Å². The number of anilines is 1. The van der Waals surface area contributed by atoms with E-state index in [1.807, 2.05) is 0 Å². The highest BCUT2D eigenvalue weighted by atomic mass is 16.6. The van der Waals surface area contributed by atoms with Crippen LogP contribution in [0, 0.1) is 6.92 Å². The molecule has 0 spiro atoms. The van der Waals surface area contributed by atoms with E-state index >= 15 is 0 Å². The molecule has 0 saturated carbocycles. The molecule has 3 amide bonds. The van der Waals surface area contributed by atoms with E-state index in [1.54, 1.807) is 6.92 Å². The lowest BCUT2D eigenvalue weighted by Crippen LogP contribution is -2.37. The quantitative estimate of drug-likeness (QED) is 0.283. The number of aromatic amines is 1. The van der Waals surface area contributed by atoms with E-state index < -0.39 is 23.7 Å². The van der Waals surface area contributed by atoms with Gasteiger partial charge in [-0.1, -0.05) is 6.58 Å². The van der Waals surface area contributed by atoms with Gasteiger partial charge in [0.25, 0.3) is 5.56 Å². The van der Waals surface area contributed by atoms with Crippen LogP contribution in [-0.2, 0) is 14.3 Å². The van der Waals surface area contributed by atoms with Crippen LogP contribution in [0.2, 0.25) is 0 Å². The third-order valence-corrected chi connectivity index (χ3v) is 2.52. The number of hydrogen-bond donors (Lipinski definition) is 4. The van der Waals surface area contributed by atoms with Gasteiger partial charge in [-0.2, -0.15) is 4.98 Å². The molecule has 4 N–H and O–H groups in total. The summed E-state index contributed by atoms with van der Waals surface area (Å²) in [6, 6.07) is 0.692. The molecule has 1 aromatic rings. The second-order valence-corrected chi connectivity index (χ2v) is 4.57. The van der Waals surface area contributed by atoms with Gasteiger partial charge in [-0.3, -0.25) is 10.1 Å². The standard InChI is InChI=1S/C14H19N5O6/c1-3-11(21)24-6-7-25-14(23)16-5-4-15-13(22)19-12-17-9(2)8-10(20)18-12/h3,8H,1,4-7H2,2H3,(H,16,23)(H3,15,17,18,19,20,22). The predicted octanol–water partition coefficient (Wildman–Crippen LogP) is -0.345. The summed E-state index contributed by atoms with van der Waals surface area (Å²) >= 11 is 0. The predicted molar refractivity (Wildman–Crippen MR) is 87.1 cm³/mol. The van der Waals surface area contributed by atoms with E-state index in [0.29, 0.717) is 5.69 Å². The summed E-state index contributed by atoms with van der Waals surface area (Å²) in [5.74, 6) is -0.590. The van der Waals surface area contributed by atoms with Crippen molar-refractivity contribution in [1.29, 1.82) is 0 Å². The number of nitrogens with zero attached hydrogens (tertiary/aromatic N) is 1. The largest absolute Gasteiger partial charge is 0.459 e. The molecule has 1 rings (SSSR count). The Morgan fingerprint density at radius 3 is 2.60 bits per heavy atom. The Balaban J connectivity index is 2.14. The van der Waals surface area contributed by atoms with Crippen LogP contribution < -0.4 is 21.5 Å². The number of carbonyl (C=O) groups excluding carboxylic acids is 3. The van der Waals surface area contributed by atoms with Crippen molar-refractivity contribution in [3.63, 3.8) is 0 Å². The van der Waals surface area contributed by atoms with Crippen LogP contribution in [0.5, 0.6) is 0 Å². The highest BCUT2D eigenvalue weighted by molar-refractivity contribution is 5.87. The first kappa shape index (κ1) is 19.7. The number of aryl methyl sites for hydroxylation is 1. The molecule has 136 valence electrons. The van der Waals surface area contributed by atoms with E-state index in [0.717, 1.165) is 6.08 Å². The van der Waals surface area contributed by atoms with Crippen LogP contribution in [0.15, 0.2) is 23.5 Å². The van der Waals surface area contributed by atoms with Gasteiger partial charge in [0, 0.05) is 30.9 Å². The molecule has 0 fully saturated rings. The van der Waals surface area contributed by atoms with Crippen molar-refractivity contribution < 1.29 is 23.9 Å². The second kappa shape index (κ2) is 10.4. The number of rotatable bonds is 8. The maximum atomic E-state index is 11.6. The van der Waals surface area contributed by atoms with Crippen LogP contribution >= 0.6 is 0 Å². The molecular weight excluding hydrogens is 334 g/mol. The smallest absolute Gasteiger partial charge is 0.407 e. The molecule has 0 saturated heterocycles. The molecule has 0 aliphatic carbocycles. The van der Waals surface area contributed by atoms with Gasteiger partial charge in [0.05, 0.1) is 0 Å². The van der Waals surface area contributed by atoms with Gasteiger partial charge in [0.15, 0.2) is 0 Å². The summed E-state index contributed by atoms with van der Waals surface area (Å²) in [5, 5.41) is 7.19. The van der Waals surface area contributed by atoms with Crippen molar-refractivity contribution in [3.8, 4) is 0 Å². The van der Waals surface area contributed by atoms with Gasteiger partial charge in [0.2, 0.25) is 5.95 Å². The van der Waals surface area contributed by atoms with Gasteiger partial charge in [-0.05, 0) is 6.92 Å². The molecule has 0 unspecified atom stereocenters. The lowest BCUT2D eigenvalue weighted by Gasteiger charge is -2.09. The van der Waals surface area contributed by atoms with E-state index in [1.165, 1.54) is 6.07 Å². The first-order valence-corrected chi connectivity index (χ1v) is 7.23. The zero-order chi connectivity index (χ0) is 18.7. The van der Waals surface area contributed by atoms with E-state index in [-0.39, 0.29) is 32.3 Å². The van der Waals surface area contributed by atoms with Gasteiger partial charge in [0.1, 0.15) is 13.2 Å². The van der Waals surface area contributed by atoms with Crippen molar-refractivity contribution in [1.82, 2.24) is 20.6 Å². The number of ether oxygens (including phenoxy) is 2. The molecule has 0 aliphatic rings. The molecule has 11 heteroatoms. The average Bonchev–Trinajstić information content (AvgIpc) is 2.54. The molecule has 11 nitrogen and oxygen atoms in total. The third kappa shape index (κ3) is 8.74.